The summed E-state index contributed by atoms with van der Waals surface area (Å²) in [7, 11) is 1.74. The van der Waals surface area contributed by atoms with Gasteiger partial charge in [0, 0.05) is 32.8 Å². The van der Waals surface area contributed by atoms with Gasteiger partial charge in [-0.3, -0.25) is 0 Å². The molecule has 3 heteroatoms. The molecule has 1 saturated carbocycles. The largest absolute Gasteiger partial charge is 0.383 e. The Labute approximate surface area is 94.0 Å². The first kappa shape index (κ1) is 12.9. The predicted octanol–water partition coefficient (Wildman–Crippen LogP) is 1.39. The number of rotatable bonds is 7. The number of ether oxygens (including phenoxy) is 1. The predicted molar refractivity (Wildman–Crippen MR) is 64.2 cm³/mol. The van der Waals surface area contributed by atoms with Gasteiger partial charge in [0.15, 0.2) is 0 Å². The Kier molecular flexibility index (Phi) is 6.98. The molecule has 0 aromatic heterocycles. The van der Waals surface area contributed by atoms with E-state index in [0.29, 0.717) is 0 Å². The fourth-order valence-electron chi connectivity index (χ4n) is 2.28. The molecule has 1 aliphatic carbocycles. The van der Waals surface area contributed by atoms with Crippen molar-refractivity contribution in [2.75, 3.05) is 33.4 Å². The fourth-order valence-corrected chi connectivity index (χ4v) is 2.28. The van der Waals surface area contributed by atoms with Crippen LogP contribution in [0.1, 0.15) is 32.6 Å². The Bertz CT molecular complexity index is 153. The molecule has 1 aliphatic rings. The monoisotopic (exact) mass is 214 g/mol. The molecule has 0 saturated heterocycles. The maximum Gasteiger partial charge on any atom is 0.0587 e. The first-order chi connectivity index (χ1) is 7.33. The van der Waals surface area contributed by atoms with Gasteiger partial charge in [-0.25, -0.2) is 0 Å². The summed E-state index contributed by atoms with van der Waals surface area (Å²) in [6.07, 6.45) is 5.54. The summed E-state index contributed by atoms with van der Waals surface area (Å²) in [6.45, 7) is 6.26. The molecule has 2 unspecified atom stereocenters. The third-order valence-electron chi connectivity index (χ3n) is 3.15. The van der Waals surface area contributed by atoms with Crippen LogP contribution in [-0.4, -0.2) is 39.4 Å². The Morgan fingerprint density at radius 1 is 1.20 bits per heavy atom. The second-order valence-corrected chi connectivity index (χ2v) is 4.67. The maximum atomic E-state index is 4.97. The highest BCUT2D eigenvalue weighted by Crippen LogP contribution is 2.23. The van der Waals surface area contributed by atoms with Crippen molar-refractivity contribution >= 4 is 0 Å². The molecular formula is C12H26N2O. The quantitative estimate of drug-likeness (QED) is 0.628. The fraction of sp³-hybridized carbons (Fsp3) is 1.00. The minimum atomic E-state index is 0.762. The van der Waals surface area contributed by atoms with Crippen LogP contribution in [0.4, 0.5) is 0 Å². The second-order valence-electron chi connectivity index (χ2n) is 4.67. The molecule has 0 amide bonds. The van der Waals surface area contributed by atoms with E-state index in [-0.39, 0.29) is 0 Å². The van der Waals surface area contributed by atoms with Crippen LogP contribution < -0.4 is 10.6 Å². The average molecular weight is 214 g/mol. The van der Waals surface area contributed by atoms with Gasteiger partial charge in [-0.15, -0.1) is 0 Å². The lowest BCUT2D eigenvalue weighted by atomic mass is 9.87. The molecule has 15 heavy (non-hydrogen) atoms. The summed E-state index contributed by atoms with van der Waals surface area (Å²) < 4.78 is 4.97. The van der Waals surface area contributed by atoms with Gasteiger partial charge in [-0.2, -0.15) is 0 Å². The van der Waals surface area contributed by atoms with E-state index in [0.717, 1.165) is 38.2 Å². The number of nitrogens with one attached hydrogen (secondary N) is 2. The molecule has 0 aliphatic heterocycles. The standard InChI is InChI=1S/C12H26N2O/c1-11-4-3-5-12(10-11)14-7-6-13-8-9-15-2/h11-14H,3-10H2,1-2H3. The van der Waals surface area contributed by atoms with E-state index in [1.165, 1.54) is 25.7 Å². The number of hydrogen-bond acceptors (Lipinski definition) is 3. The Balaban J connectivity index is 1.90. The van der Waals surface area contributed by atoms with Crippen LogP contribution in [-0.2, 0) is 4.74 Å². The first-order valence-corrected chi connectivity index (χ1v) is 6.26. The van der Waals surface area contributed by atoms with E-state index in [1.807, 2.05) is 0 Å². The summed E-state index contributed by atoms with van der Waals surface area (Å²) >= 11 is 0. The van der Waals surface area contributed by atoms with Crippen LogP contribution >= 0.6 is 0 Å². The lowest BCUT2D eigenvalue weighted by molar-refractivity contribution is 0.199. The molecule has 3 nitrogen and oxygen atoms in total. The molecule has 0 spiro atoms. The molecular weight excluding hydrogens is 188 g/mol. The molecule has 0 radical (unpaired) electrons. The van der Waals surface area contributed by atoms with Crippen molar-refractivity contribution in [3.8, 4) is 0 Å². The molecule has 2 N–H and O–H groups in total. The highest BCUT2D eigenvalue weighted by Gasteiger charge is 2.17. The van der Waals surface area contributed by atoms with Gasteiger partial charge in [0.1, 0.15) is 0 Å². The van der Waals surface area contributed by atoms with E-state index < -0.39 is 0 Å². The third kappa shape index (κ3) is 6.13. The number of methoxy groups -OCH3 is 1. The summed E-state index contributed by atoms with van der Waals surface area (Å²) in [5.74, 6) is 0.915. The van der Waals surface area contributed by atoms with Crippen molar-refractivity contribution in [2.45, 2.75) is 38.6 Å². The minimum absolute atomic E-state index is 0.762. The second kappa shape index (κ2) is 8.08. The summed E-state index contributed by atoms with van der Waals surface area (Å²) in [5, 5.41) is 6.98. The maximum absolute atomic E-state index is 4.97. The van der Waals surface area contributed by atoms with E-state index >= 15 is 0 Å². The van der Waals surface area contributed by atoms with Gasteiger partial charge in [0.2, 0.25) is 0 Å². The van der Waals surface area contributed by atoms with Crippen LogP contribution in [0.5, 0.6) is 0 Å². The molecule has 0 bridgehead atoms. The van der Waals surface area contributed by atoms with E-state index in [9.17, 15) is 0 Å². The summed E-state index contributed by atoms with van der Waals surface area (Å²) in [6, 6.07) is 0.762. The van der Waals surface area contributed by atoms with Gasteiger partial charge in [0.25, 0.3) is 0 Å². The highest BCUT2D eigenvalue weighted by atomic mass is 16.5. The molecule has 90 valence electrons. The zero-order valence-electron chi connectivity index (χ0n) is 10.2. The molecule has 0 heterocycles. The third-order valence-corrected chi connectivity index (χ3v) is 3.15. The van der Waals surface area contributed by atoms with Gasteiger partial charge in [-0.05, 0) is 18.8 Å². The molecule has 0 aromatic carbocycles. The summed E-state index contributed by atoms with van der Waals surface area (Å²) in [5.41, 5.74) is 0. The van der Waals surface area contributed by atoms with Gasteiger partial charge >= 0.3 is 0 Å². The molecule has 1 fully saturated rings. The van der Waals surface area contributed by atoms with E-state index in [1.54, 1.807) is 7.11 Å². The zero-order chi connectivity index (χ0) is 10.9. The SMILES string of the molecule is COCCNCCNC1CCCC(C)C1. The van der Waals surface area contributed by atoms with Crippen molar-refractivity contribution in [2.24, 2.45) is 5.92 Å². The van der Waals surface area contributed by atoms with Crippen molar-refractivity contribution in [1.82, 2.24) is 10.6 Å². The van der Waals surface area contributed by atoms with Crippen LogP contribution in [0.3, 0.4) is 0 Å². The Hall–Kier alpha value is -0.120. The molecule has 2 atom stereocenters. The first-order valence-electron chi connectivity index (χ1n) is 6.26. The lowest BCUT2D eigenvalue weighted by Crippen LogP contribution is -2.38. The minimum Gasteiger partial charge on any atom is -0.383 e. The van der Waals surface area contributed by atoms with Crippen LogP contribution in [0.25, 0.3) is 0 Å². The van der Waals surface area contributed by atoms with Crippen LogP contribution in [0, 0.1) is 5.92 Å². The number of hydrogen-bond donors (Lipinski definition) is 2. The Morgan fingerprint density at radius 2 is 2.07 bits per heavy atom. The van der Waals surface area contributed by atoms with Crippen molar-refractivity contribution in [1.29, 1.82) is 0 Å². The van der Waals surface area contributed by atoms with Crippen molar-refractivity contribution < 1.29 is 4.74 Å². The van der Waals surface area contributed by atoms with Crippen LogP contribution in [0.2, 0.25) is 0 Å². The van der Waals surface area contributed by atoms with Gasteiger partial charge in [-0.1, -0.05) is 19.8 Å². The van der Waals surface area contributed by atoms with Gasteiger partial charge in [0.05, 0.1) is 6.61 Å². The Morgan fingerprint density at radius 3 is 2.80 bits per heavy atom. The average Bonchev–Trinajstić information content (AvgIpc) is 2.23. The van der Waals surface area contributed by atoms with Gasteiger partial charge < -0.3 is 15.4 Å². The van der Waals surface area contributed by atoms with E-state index in [4.69, 9.17) is 4.74 Å². The topological polar surface area (TPSA) is 33.3 Å². The van der Waals surface area contributed by atoms with Crippen LogP contribution in [0.15, 0.2) is 0 Å². The zero-order valence-corrected chi connectivity index (χ0v) is 10.2. The highest BCUT2D eigenvalue weighted by molar-refractivity contribution is 4.75. The molecule has 1 rings (SSSR count). The van der Waals surface area contributed by atoms with Crippen molar-refractivity contribution in [3.05, 3.63) is 0 Å². The normalized spacial score (nSPS) is 26.8. The smallest absolute Gasteiger partial charge is 0.0587 e. The van der Waals surface area contributed by atoms with E-state index in [2.05, 4.69) is 17.6 Å². The molecule has 0 aromatic rings. The van der Waals surface area contributed by atoms with Crippen molar-refractivity contribution in [3.63, 3.8) is 0 Å². The lowest BCUT2D eigenvalue weighted by Gasteiger charge is -2.27. The summed E-state index contributed by atoms with van der Waals surface area (Å²) in [4.78, 5) is 0.